The second kappa shape index (κ2) is 6.24. The third-order valence-corrected chi connectivity index (χ3v) is 5.74. The van der Waals surface area contributed by atoms with Crippen molar-refractivity contribution in [1.82, 2.24) is 10.3 Å². The number of carbonyl (C=O) groups is 2. The quantitative estimate of drug-likeness (QED) is 0.823. The van der Waals surface area contributed by atoms with E-state index in [1.807, 2.05) is 18.2 Å². The molecule has 1 N–H and O–H groups in total. The number of hydrogen-bond donors (Lipinski definition) is 1. The lowest BCUT2D eigenvalue weighted by molar-refractivity contribution is -0.132. The van der Waals surface area contributed by atoms with Crippen LogP contribution in [-0.2, 0) is 20.9 Å². The molecule has 0 aliphatic carbocycles. The van der Waals surface area contributed by atoms with Gasteiger partial charge in [-0.3, -0.25) is 14.6 Å². The van der Waals surface area contributed by atoms with Crippen LogP contribution in [0, 0.1) is 17.7 Å². The molecule has 3 aliphatic rings. The molecule has 7 heteroatoms. The monoisotopic (exact) mass is 379 g/mol. The van der Waals surface area contributed by atoms with Crippen LogP contribution >= 0.6 is 0 Å². The van der Waals surface area contributed by atoms with Crippen molar-refractivity contribution in [3.63, 3.8) is 0 Å². The highest BCUT2D eigenvalue weighted by Crippen LogP contribution is 2.52. The van der Waals surface area contributed by atoms with Gasteiger partial charge in [-0.15, -0.1) is 0 Å². The molecule has 2 bridgehead atoms. The van der Waals surface area contributed by atoms with Gasteiger partial charge in [-0.05, 0) is 23.8 Å². The van der Waals surface area contributed by atoms with Gasteiger partial charge in [-0.25, -0.2) is 4.39 Å². The fraction of sp³-hybridized carbons (Fsp3) is 0.286. The van der Waals surface area contributed by atoms with Crippen LogP contribution in [-0.4, -0.2) is 35.0 Å². The number of nitrogens with one attached hydrogen (secondary N) is 1. The Bertz CT molecular complexity index is 980. The van der Waals surface area contributed by atoms with Gasteiger partial charge >= 0.3 is 0 Å². The Hall–Kier alpha value is -3.06. The Balaban J connectivity index is 1.40. The molecular weight excluding hydrogens is 361 g/mol. The van der Waals surface area contributed by atoms with Crippen LogP contribution in [0.3, 0.4) is 0 Å². The van der Waals surface area contributed by atoms with E-state index >= 15 is 0 Å². The Morgan fingerprint density at radius 3 is 2.96 bits per heavy atom. The summed E-state index contributed by atoms with van der Waals surface area (Å²) in [5.74, 6) is -2.28. The highest BCUT2D eigenvalue weighted by atomic mass is 19.1. The predicted octanol–water partition coefficient (Wildman–Crippen LogP) is 1.82. The first-order chi connectivity index (χ1) is 13.6. The average Bonchev–Trinajstić information content (AvgIpc) is 3.36. The normalized spacial score (nSPS) is 30.0. The average molecular weight is 379 g/mol. The number of para-hydroxylation sites is 1. The van der Waals surface area contributed by atoms with E-state index in [9.17, 15) is 14.0 Å². The Morgan fingerprint density at radius 2 is 2.18 bits per heavy atom. The summed E-state index contributed by atoms with van der Waals surface area (Å²) in [5, 5.41) is 2.88. The van der Waals surface area contributed by atoms with E-state index in [0.717, 1.165) is 5.56 Å². The van der Waals surface area contributed by atoms with Gasteiger partial charge in [0.1, 0.15) is 11.4 Å². The number of fused-ring (bicyclic) bond motifs is 1. The van der Waals surface area contributed by atoms with Crippen LogP contribution in [0.25, 0.3) is 0 Å². The highest BCUT2D eigenvalue weighted by molar-refractivity contribution is 6.03. The van der Waals surface area contributed by atoms with Gasteiger partial charge in [0, 0.05) is 18.9 Å². The molecule has 0 radical (unpaired) electrons. The molecule has 2 amide bonds. The zero-order chi connectivity index (χ0) is 19.3. The topological polar surface area (TPSA) is 71.5 Å². The lowest BCUT2D eigenvalue weighted by Gasteiger charge is -2.23. The Labute approximate surface area is 161 Å². The smallest absolute Gasteiger partial charge is 0.234 e. The van der Waals surface area contributed by atoms with Crippen LogP contribution in [0.15, 0.2) is 60.9 Å². The number of halogens is 1. The van der Waals surface area contributed by atoms with Gasteiger partial charge in [0.25, 0.3) is 0 Å². The number of aromatic nitrogens is 1. The summed E-state index contributed by atoms with van der Waals surface area (Å²) < 4.78 is 20.3. The molecule has 28 heavy (non-hydrogen) atoms. The molecule has 1 aromatic heterocycles. The largest absolute Gasteiger partial charge is 0.360 e. The van der Waals surface area contributed by atoms with Crippen molar-refractivity contribution in [2.75, 3.05) is 11.4 Å². The fourth-order valence-corrected chi connectivity index (χ4v) is 4.48. The number of rotatable bonds is 4. The minimum atomic E-state index is -0.875. The van der Waals surface area contributed by atoms with Crippen LogP contribution in [0.2, 0.25) is 0 Å². The van der Waals surface area contributed by atoms with Crippen molar-refractivity contribution >= 4 is 17.5 Å². The van der Waals surface area contributed by atoms with E-state index in [0.29, 0.717) is 6.54 Å². The summed E-state index contributed by atoms with van der Waals surface area (Å²) in [6.07, 6.45) is 6.60. The molecule has 2 aromatic rings. The van der Waals surface area contributed by atoms with Crippen LogP contribution in [0.5, 0.6) is 0 Å². The predicted molar refractivity (Wildman–Crippen MR) is 98.6 cm³/mol. The summed E-state index contributed by atoms with van der Waals surface area (Å²) in [6, 6.07) is 9.82. The highest BCUT2D eigenvalue weighted by Gasteiger charge is 2.67. The minimum Gasteiger partial charge on any atom is -0.360 e. The number of nitrogens with zero attached hydrogens (tertiary/aromatic N) is 2. The lowest BCUT2D eigenvalue weighted by atomic mass is 9.77. The molecule has 2 fully saturated rings. The second-order valence-corrected chi connectivity index (χ2v) is 7.35. The van der Waals surface area contributed by atoms with Gasteiger partial charge in [-0.2, -0.15) is 0 Å². The van der Waals surface area contributed by atoms with E-state index in [4.69, 9.17) is 4.74 Å². The minimum absolute atomic E-state index is 0.205. The summed E-state index contributed by atoms with van der Waals surface area (Å²) in [6.45, 7) is 0.529. The first-order valence-electron chi connectivity index (χ1n) is 9.19. The molecule has 2 saturated heterocycles. The van der Waals surface area contributed by atoms with Crippen molar-refractivity contribution in [1.29, 1.82) is 0 Å². The molecule has 3 aliphatic heterocycles. The molecule has 142 valence electrons. The molecule has 0 saturated carbocycles. The molecule has 0 unspecified atom stereocenters. The van der Waals surface area contributed by atoms with Gasteiger partial charge in [-0.1, -0.05) is 30.4 Å². The maximum absolute atomic E-state index is 14.3. The first kappa shape index (κ1) is 17.1. The van der Waals surface area contributed by atoms with Gasteiger partial charge in [0.05, 0.1) is 30.2 Å². The molecule has 4 heterocycles. The Kier molecular flexibility index (Phi) is 3.80. The third-order valence-electron chi connectivity index (χ3n) is 5.74. The molecule has 6 nitrogen and oxygen atoms in total. The van der Waals surface area contributed by atoms with E-state index < -0.39 is 29.4 Å². The van der Waals surface area contributed by atoms with Gasteiger partial charge in [0.2, 0.25) is 11.8 Å². The van der Waals surface area contributed by atoms with E-state index in [-0.39, 0.29) is 24.0 Å². The summed E-state index contributed by atoms with van der Waals surface area (Å²) >= 11 is 0. The van der Waals surface area contributed by atoms with Crippen molar-refractivity contribution in [3.8, 4) is 0 Å². The number of benzene rings is 1. The van der Waals surface area contributed by atoms with Gasteiger partial charge < -0.3 is 15.0 Å². The third kappa shape index (κ3) is 2.46. The lowest BCUT2D eigenvalue weighted by Crippen LogP contribution is -2.44. The van der Waals surface area contributed by atoms with Crippen LogP contribution in [0.4, 0.5) is 10.1 Å². The number of carbonyl (C=O) groups excluding carboxylic acids is 2. The van der Waals surface area contributed by atoms with Crippen molar-refractivity contribution in [3.05, 3.63) is 72.3 Å². The van der Waals surface area contributed by atoms with Gasteiger partial charge in [0.15, 0.2) is 0 Å². The molecule has 1 aromatic carbocycles. The summed E-state index contributed by atoms with van der Waals surface area (Å²) in [4.78, 5) is 31.5. The number of anilines is 1. The molecule has 5 rings (SSSR count). The zero-order valence-electron chi connectivity index (χ0n) is 14.9. The number of hydrogen-bond acceptors (Lipinski definition) is 4. The van der Waals surface area contributed by atoms with Crippen molar-refractivity contribution < 1.29 is 18.7 Å². The summed E-state index contributed by atoms with van der Waals surface area (Å²) in [7, 11) is 0. The zero-order valence-corrected chi connectivity index (χ0v) is 14.9. The van der Waals surface area contributed by atoms with Crippen LogP contribution < -0.4 is 10.2 Å². The van der Waals surface area contributed by atoms with Crippen molar-refractivity contribution in [2.24, 2.45) is 11.8 Å². The maximum Gasteiger partial charge on any atom is 0.234 e. The Morgan fingerprint density at radius 1 is 1.32 bits per heavy atom. The first-order valence-corrected chi connectivity index (χ1v) is 9.19. The molecule has 1 spiro atoms. The number of pyridine rings is 1. The van der Waals surface area contributed by atoms with E-state index in [2.05, 4.69) is 10.3 Å². The molecule has 4 atom stereocenters. The second-order valence-electron chi connectivity index (χ2n) is 7.35. The summed E-state index contributed by atoms with van der Waals surface area (Å²) in [5.41, 5.74) is 0.211. The fourth-order valence-electron chi connectivity index (χ4n) is 4.48. The SMILES string of the molecule is O=C(NCc1cccnc1)[C@H]1[C@H]2C=C[C@@]3(CN(c4ccccc4F)C(=O)[C@@H]13)O2. The maximum atomic E-state index is 14.3. The standard InChI is InChI=1S/C21H18FN3O3/c22-14-5-1-2-6-15(14)25-12-21-8-7-16(28-21)17(18(21)20(25)27)19(26)24-11-13-4-3-9-23-10-13/h1-10,16-18H,11-12H2,(H,24,26)/t16-,17+,18-,21+/m1/s1. The van der Waals surface area contributed by atoms with E-state index in [1.165, 1.54) is 11.0 Å². The molecular formula is C21H18FN3O3. The van der Waals surface area contributed by atoms with E-state index in [1.54, 1.807) is 36.7 Å². The van der Waals surface area contributed by atoms with Crippen molar-refractivity contribution in [2.45, 2.75) is 18.2 Å². The van der Waals surface area contributed by atoms with Crippen LogP contribution in [0.1, 0.15) is 5.56 Å². The number of amides is 2. The number of ether oxygens (including phenoxy) is 1.